The molecule has 106 valence electrons. The summed E-state index contributed by atoms with van der Waals surface area (Å²) in [5.41, 5.74) is 1.10. The number of nitrogens with zero attached hydrogens (tertiary/aromatic N) is 1. The Hall–Kier alpha value is -1.63. The molecule has 0 aliphatic rings. The van der Waals surface area contributed by atoms with Gasteiger partial charge in [-0.25, -0.2) is 9.78 Å². The van der Waals surface area contributed by atoms with Gasteiger partial charge in [0.05, 0.1) is 25.0 Å². The first kappa shape index (κ1) is 14.8. The van der Waals surface area contributed by atoms with Crippen molar-refractivity contribution in [3.8, 4) is 16.3 Å². The SMILES string of the molecule is COCc1nc(-c2ccc(Cl)cc2OC)sc1C(=O)O. The third-order valence-electron chi connectivity index (χ3n) is 2.57. The number of halogens is 1. The molecular weight excluding hydrogens is 302 g/mol. The van der Waals surface area contributed by atoms with Crippen LogP contribution in [0, 0.1) is 0 Å². The maximum absolute atomic E-state index is 11.2. The lowest BCUT2D eigenvalue weighted by atomic mass is 10.2. The standard InChI is InChI=1S/C13H12ClNO4S/c1-18-6-9-11(13(16)17)20-12(15-9)8-4-3-7(14)5-10(8)19-2/h3-5H,6H2,1-2H3,(H,16,17). The third kappa shape index (κ3) is 2.92. The Kier molecular flexibility index (Phi) is 4.59. The number of hydrogen-bond acceptors (Lipinski definition) is 5. The zero-order valence-corrected chi connectivity index (χ0v) is 12.4. The minimum absolute atomic E-state index is 0.147. The zero-order valence-electron chi connectivity index (χ0n) is 10.8. The predicted octanol–water partition coefficient (Wildman–Crippen LogP) is 3.32. The summed E-state index contributed by atoms with van der Waals surface area (Å²) >= 11 is 6.99. The lowest BCUT2D eigenvalue weighted by Crippen LogP contribution is -1.99. The minimum atomic E-state index is -1.02. The van der Waals surface area contributed by atoms with Crippen molar-refractivity contribution in [2.75, 3.05) is 14.2 Å². The van der Waals surface area contributed by atoms with E-state index >= 15 is 0 Å². The molecule has 0 spiro atoms. The van der Waals surface area contributed by atoms with E-state index in [0.717, 1.165) is 11.3 Å². The average molecular weight is 314 g/mol. The number of benzene rings is 1. The Balaban J connectivity index is 2.53. The van der Waals surface area contributed by atoms with Gasteiger partial charge in [-0.05, 0) is 18.2 Å². The van der Waals surface area contributed by atoms with Gasteiger partial charge in [-0.3, -0.25) is 0 Å². The second-order valence-corrected chi connectivity index (χ2v) is 5.31. The van der Waals surface area contributed by atoms with E-state index in [2.05, 4.69) is 4.98 Å². The fraction of sp³-hybridized carbons (Fsp3) is 0.231. The number of aromatic carboxylic acids is 1. The highest BCUT2D eigenvalue weighted by Gasteiger charge is 2.20. The summed E-state index contributed by atoms with van der Waals surface area (Å²) in [6.45, 7) is 0.147. The molecule has 1 heterocycles. The number of ether oxygens (including phenoxy) is 2. The summed E-state index contributed by atoms with van der Waals surface area (Å²) in [6.07, 6.45) is 0. The Morgan fingerprint density at radius 2 is 2.20 bits per heavy atom. The van der Waals surface area contributed by atoms with Gasteiger partial charge in [0.15, 0.2) is 0 Å². The van der Waals surface area contributed by atoms with E-state index in [4.69, 9.17) is 21.1 Å². The molecule has 0 atom stereocenters. The van der Waals surface area contributed by atoms with Crippen LogP contribution in [0.5, 0.6) is 5.75 Å². The molecule has 0 fully saturated rings. The van der Waals surface area contributed by atoms with Gasteiger partial charge in [-0.2, -0.15) is 0 Å². The lowest BCUT2D eigenvalue weighted by Gasteiger charge is -2.05. The van der Waals surface area contributed by atoms with Crippen LogP contribution >= 0.6 is 22.9 Å². The average Bonchev–Trinajstić information content (AvgIpc) is 2.83. The van der Waals surface area contributed by atoms with Gasteiger partial charge in [0.1, 0.15) is 15.6 Å². The van der Waals surface area contributed by atoms with Crippen LogP contribution < -0.4 is 4.74 Å². The molecule has 2 rings (SSSR count). The van der Waals surface area contributed by atoms with Gasteiger partial charge in [0.25, 0.3) is 0 Å². The third-order valence-corrected chi connectivity index (χ3v) is 3.92. The first-order chi connectivity index (χ1) is 9.56. The van der Waals surface area contributed by atoms with E-state index in [1.165, 1.54) is 14.2 Å². The van der Waals surface area contributed by atoms with E-state index in [0.29, 0.717) is 27.0 Å². The number of thiazole rings is 1. The van der Waals surface area contributed by atoms with Gasteiger partial charge in [0, 0.05) is 12.1 Å². The molecule has 1 aromatic heterocycles. The zero-order chi connectivity index (χ0) is 14.7. The fourth-order valence-electron chi connectivity index (χ4n) is 1.71. The van der Waals surface area contributed by atoms with Crippen LogP contribution in [0.1, 0.15) is 15.4 Å². The van der Waals surface area contributed by atoms with Crippen molar-refractivity contribution in [1.82, 2.24) is 4.98 Å². The molecule has 0 aliphatic heterocycles. The van der Waals surface area contributed by atoms with E-state index in [9.17, 15) is 9.90 Å². The maximum Gasteiger partial charge on any atom is 0.347 e. The van der Waals surface area contributed by atoms with Gasteiger partial charge in [-0.1, -0.05) is 11.6 Å². The normalized spacial score (nSPS) is 10.6. The lowest BCUT2D eigenvalue weighted by molar-refractivity contribution is 0.0697. The van der Waals surface area contributed by atoms with Gasteiger partial charge >= 0.3 is 5.97 Å². The van der Waals surface area contributed by atoms with Crippen molar-refractivity contribution < 1.29 is 19.4 Å². The Bertz CT molecular complexity index is 641. The van der Waals surface area contributed by atoms with Crippen LogP contribution in [0.3, 0.4) is 0 Å². The number of carboxylic acids is 1. The van der Waals surface area contributed by atoms with Crippen molar-refractivity contribution in [2.45, 2.75) is 6.61 Å². The number of carbonyl (C=O) groups is 1. The quantitative estimate of drug-likeness (QED) is 0.917. The predicted molar refractivity (Wildman–Crippen MR) is 76.8 cm³/mol. The molecule has 1 N–H and O–H groups in total. The van der Waals surface area contributed by atoms with E-state index in [1.54, 1.807) is 18.2 Å². The summed E-state index contributed by atoms with van der Waals surface area (Å²) < 4.78 is 10.2. The summed E-state index contributed by atoms with van der Waals surface area (Å²) in [4.78, 5) is 15.7. The van der Waals surface area contributed by atoms with Gasteiger partial charge in [0.2, 0.25) is 0 Å². The van der Waals surface area contributed by atoms with Crippen molar-refractivity contribution in [2.24, 2.45) is 0 Å². The molecule has 20 heavy (non-hydrogen) atoms. The molecule has 0 radical (unpaired) electrons. The summed E-state index contributed by atoms with van der Waals surface area (Å²) in [7, 11) is 3.02. The molecule has 0 unspecified atom stereocenters. The largest absolute Gasteiger partial charge is 0.496 e. The number of carboxylic acid groups (broad SMARTS) is 1. The Morgan fingerprint density at radius 3 is 2.80 bits per heavy atom. The number of aromatic nitrogens is 1. The second-order valence-electron chi connectivity index (χ2n) is 3.88. The van der Waals surface area contributed by atoms with Crippen molar-refractivity contribution >= 4 is 28.9 Å². The van der Waals surface area contributed by atoms with Crippen LogP contribution in [0.15, 0.2) is 18.2 Å². The van der Waals surface area contributed by atoms with Crippen molar-refractivity contribution in [3.63, 3.8) is 0 Å². The van der Waals surface area contributed by atoms with Gasteiger partial charge < -0.3 is 14.6 Å². The van der Waals surface area contributed by atoms with Crippen LogP contribution in [-0.2, 0) is 11.3 Å². The number of hydrogen-bond donors (Lipinski definition) is 1. The molecule has 1 aromatic carbocycles. The molecular formula is C13H12ClNO4S. The number of rotatable bonds is 5. The maximum atomic E-state index is 11.2. The Labute approximate surface area is 124 Å². The fourth-order valence-corrected chi connectivity index (χ4v) is 2.81. The van der Waals surface area contributed by atoms with E-state index < -0.39 is 5.97 Å². The molecule has 0 aliphatic carbocycles. The molecule has 2 aromatic rings. The minimum Gasteiger partial charge on any atom is -0.496 e. The van der Waals surface area contributed by atoms with Crippen LogP contribution in [0.4, 0.5) is 0 Å². The van der Waals surface area contributed by atoms with Crippen molar-refractivity contribution in [1.29, 1.82) is 0 Å². The highest BCUT2D eigenvalue weighted by atomic mass is 35.5. The van der Waals surface area contributed by atoms with E-state index in [1.807, 2.05) is 0 Å². The molecule has 0 amide bonds. The topological polar surface area (TPSA) is 68.7 Å². The Morgan fingerprint density at radius 1 is 1.45 bits per heavy atom. The molecule has 5 nitrogen and oxygen atoms in total. The molecule has 0 saturated heterocycles. The summed E-state index contributed by atoms with van der Waals surface area (Å²) in [5.74, 6) is -0.471. The summed E-state index contributed by atoms with van der Waals surface area (Å²) in [5, 5.41) is 10.3. The first-order valence-corrected chi connectivity index (χ1v) is 6.82. The van der Waals surface area contributed by atoms with Crippen LogP contribution in [0.2, 0.25) is 5.02 Å². The summed E-state index contributed by atoms with van der Waals surface area (Å²) in [6, 6.07) is 5.12. The van der Waals surface area contributed by atoms with Crippen LogP contribution in [0.25, 0.3) is 10.6 Å². The smallest absolute Gasteiger partial charge is 0.347 e. The van der Waals surface area contributed by atoms with Gasteiger partial charge in [-0.15, -0.1) is 11.3 Å². The highest BCUT2D eigenvalue weighted by Crippen LogP contribution is 2.36. The molecule has 0 bridgehead atoms. The molecule has 7 heteroatoms. The first-order valence-electron chi connectivity index (χ1n) is 5.62. The van der Waals surface area contributed by atoms with Crippen LogP contribution in [-0.4, -0.2) is 30.3 Å². The van der Waals surface area contributed by atoms with E-state index in [-0.39, 0.29) is 11.5 Å². The molecule has 0 saturated carbocycles. The highest BCUT2D eigenvalue weighted by molar-refractivity contribution is 7.17. The number of methoxy groups -OCH3 is 2. The van der Waals surface area contributed by atoms with Crippen molar-refractivity contribution in [3.05, 3.63) is 33.8 Å². The second kappa shape index (κ2) is 6.21. The monoisotopic (exact) mass is 313 g/mol.